The van der Waals surface area contributed by atoms with E-state index in [4.69, 9.17) is 9.47 Å². The fourth-order valence-corrected chi connectivity index (χ4v) is 2.64. The van der Waals surface area contributed by atoms with E-state index in [2.05, 4.69) is 10.6 Å². The number of amides is 1. The lowest BCUT2D eigenvalue weighted by Gasteiger charge is -2.22. The first-order valence-corrected chi connectivity index (χ1v) is 7.45. The van der Waals surface area contributed by atoms with Crippen LogP contribution in [0.3, 0.4) is 0 Å². The smallest absolute Gasteiger partial charge is 0.255 e. The molecule has 1 aromatic carbocycles. The van der Waals surface area contributed by atoms with Gasteiger partial charge in [0.2, 0.25) is 0 Å². The minimum atomic E-state index is -0.0940. The second-order valence-electron chi connectivity index (χ2n) is 5.30. The van der Waals surface area contributed by atoms with Gasteiger partial charge in [0.05, 0.1) is 19.8 Å². The highest BCUT2D eigenvalue weighted by Crippen LogP contribution is 2.24. The Kier molecular flexibility index (Phi) is 5.87. The number of hydrogen-bond acceptors (Lipinski definition) is 4. The maximum absolute atomic E-state index is 12.2. The van der Waals surface area contributed by atoms with Crippen LogP contribution in [0.2, 0.25) is 0 Å². The van der Waals surface area contributed by atoms with Crippen molar-refractivity contribution >= 4 is 5.91 Å². The Morgan fingerprint density at radius 2 is 2.05 bits per heavy atom. The van der Waals surface area contributed by atoms with Gasteiger partial charge in [-0.25, -0.2) is 0 Å². The zero-order chi connectivity index (χ0) is 15.1. The number of benzene rings is 1. The van der Waals surface area contributed by atoms with Crippen LogP contribution in [0, 0.1) is 5.92 Å². The zero-order valence-corrected chi connectivity index (χ0v) is 12.8. The number of carbonyl (C=O) groups is 1. The summed E-state index contributed by atoms with van der Waals surface area (Å²) in [5.41, 5.74) is 0.545. The van der Waals surface area contributed by atoms with E-state index in [1.807, 2.05) is 0 Å². The molecule has 1 fully saturated rings. The maximum Gasteiger partial charge on any atom is 0.255 e. The molecule has 1 aromatic rings. The highest BCUT2D eigenvalue weighted by molar-refractivity contribution is 5.97. The second-order valence-corrected chi connectivity index (χ2v) is 5.30. The average Bonchev–Trinajstić information content (AvgIpc) is 2.55. The van der Waals surface area contributed by atoms with Gasteiger partial charge in [0.25, 0.3) is 5.91 Å². The van der Waals surface area contributed by atoms with Crippen molar-refractivity contribution in [3.05, 3.63) is 23.8 Å². The van der Waals surface area contributed by atoms with E-state index in [9.17, 15) is 4.79 Å². The van der Waals surface area contributed by atoms with Gasteiger partial charge in [0.1, 0.15) is 11.5 Å². The number of nitrogens with one attached hydrogen (secondary N) is 2. The van der Waals surface area contributed by atoms with Crippen LogP contribution in [-0.4, -0.2) is 39.8 Å². The molecule has 21 heavy (non-hydrogen) atoms. The Balaban J connectivity index is 1.87. The van der Waals surface area contributed by atoms with Gasteiger partial charge < -0.3 is 20.1 Å². The second kappa shape index (κ2) is 7.88. The van der Waals surface area contributed by atoms with Crippen molar-refractivity contribution in [2.75, 3.05) is 33.9 Å². The minimum absolute atomic E-state index is 0.0940. The maximum atomic E-state index is 12.2. The molecule has 0 aromatic heterocycles. The molecule has 1 heterocycles. The predicted octanol–water partition coefficient (Wildman–Crippen LogP) is 1.82. The summed E-state index contributed by atoms with van der Waals surface area (Å²) in [7, 11) is 3.15. The molecule has 5 heteroatoms. The van der Waals surface area contributed by atoms with E-state index in [0.29, 0.717) is 29.5 Å². The van der Waals surface area contributed by atoms with E-state index < -0.39 is 0 Å². The quantitative estimate of drug-likeness (QED) is 0.840. The molecule has 0 atom stereocenters. The van der Waals surface area contributed by atoms with Crippen molar-refractivity contribution < 1.29 is 14.3 Å². The molecule has 0 unspecified atom stereocenters. The van der Waals surface area contributed by atoms with Crippen LogP contribution in [-0.2, 0) is 0 Å². The van der Waals surface area contributed by atoms with Crippen molar-refractivity contribution in [3.63, 3.8) is 0 Å². The van der Waals surface area contributed by atoms with Crippen molar-refractivity contribution in [2.45, 2.75) is 19.3 Å². The monoisotopic (exact) mass is 292 g/mol. The van der Waals surface area contributed by atoms with Crippen molar-refractivity contribution in [1.82, 2.24) is 10.6 Å². The first kappa shape index (κ1) is 15.6. The summed E-state index contributed by atoms with van der Waals surface area (Å²) >= 11 is 0. The number of hydrogen-bond donors (Lipinski definition) is 2. The largest absolute Gasteiger partial charge is 0.497 e. The van der Waals surface area contributed by atoms with Crippen LogP contribution in [0.4, 0.5) is 0 Å². The fraction of sp³-hybridized carbons (Fsp3) is 0.562. The van der Waals surface area contributed by atoms with Gasteiger partial charge in [-0.15, -0.1) is 0 Å². The molecule has 116 valence electrons. The molecule has 0 radical (unpaired) electrons. The van der Waals surface area contributed by atoms with Crippen LogP contribution >= 0.6 is 0 Å². The van der Waals surface area contributed by atoms with Crippen LogP contribution in [0.1, 0.15) is 29.6 Å². The summed E-state index contributed by atoms with van der Waals surface area (Å²) in [6, 6.07) is 5.23. The molecule has 1 amide bonds. The first-order chi connectivity index (χ1) is 10.2. The van der Waals surface area contributed by atoms with Crippen LogP contribution in [0.5, 0.6) is 11.5 Å². The molecule has 1 saturated heterocycles. The predicted molar refractivity (Wildman–Crippen MR) is 82.1 cm³/mol. The number of methoxy groups -OCH3 is 2. The zero-order valence-electron chi connectivity index (χ0n) is 12.8. The third kappa shape index (κ3) is 4.36. The molecule has 5 nitrogen and oxygen atoms in total. The van der Waals surface area contributed by atoms with E-state index in [1.54, 1.807) is 32.4 Å². The molecular weight excluding hydrogens is 268 g/mol. The van der Waals surface area contributed by atoms with Gasteiger partial charge in [0.15, 0.2) is 0 Å². The topological polar surface area (TPSA) is 59.6 Å². The SMILES string of the molecule is COc1ccc(C(=O)NCCC2CCNCC2)c(OC)c1. The fourth-order valence-electron chi connectivity index (χ4n) is 2.64. The van der Waals surface area contributed by atoms with Crippen LogP contribution in [0.25, 0.3) is 0 Å². The lowest BCUT2D eigenvalue weighted by Crippen LogP contribution is -2.31. The van der Waals surface area contributed by atoms with Crippen molar-refractivity contribution in [1.29, 1.82) is 0 Å². The van der Waals surface area contributed by atoms with E-state index in [0.717, 1.165) is 19.5 Å². The Labute approximate surface area is 126 Å². The van der Waals surface area contributed by atoms with Gasteiger partial charge in [-0.1, -0.05) is 0 Å². The van der Waals surface area contributed by atoms with Crippen LogP contribution in [0.15, 0.2) is 18.2 Å². The number of carbonyl (C=O) groups excluding carboxylic acids is 1. The highest BCUT2D eigenvalue weighted by Gasteiger charge is 2.15. The highest BCUT2D eigenvalue weighted by atomic mass is 16.5. The van der Waals surface area contributed by atoms with Gasteiger partial charge >= 0.3 is 0 Å². The van der Waals surface area contributed by atoms with E-state index >= 15 is 0 Å². The van der Waals surface area contributed by atoms with Gasteiger partial charge in [-0.05, 0) is 50.4 Å². The summed E-state index contributed by atoms with van der Waals surface area (Å²) < 4.78 is 10.4. The number of piperidine rings is 1. The number of rotatable bonds is 6. The average molecular weight is 292 g/mol. The summed E-state index contributed by atoms with van der Waals surface area (Å²) in [6.45, 7) is 2.88. The van der Waals surface area contributed by atoms with Gasteiger partial charge in [-0.2, -0.15) is 0 Å². The molecule has 0 aliphatic carbocycles. The molecular formula is C16H24N2O3. The summed E-state index contributed by atoms with van der Waals surface area (Å²) in [5, 5.41) is 6.33. The first-order valence-electron chi connectivity index (χ1n) is 7.45. The van der Waals surface area contributed by atoms with Crippen molar-refractivity contribution in [2.24, 2.45) is 5.92 Å². The summed E-state index contributed by atoms with van der Waals surface area (Å²) in [6.07, 6.45) is 3.43. The third-order valence-electron chi connectivity index (χ3n) is 3.95. The van der Waals surface area contributed by atoms with Crippen LogP contribution < -0.4 is 20.1 Å². The molecule has 1 aliphatic heterocycles. The molecule has 1 aliphatic rings. The Morgan fingerprint density at radius 1 is 1.29 bits per heavy atom. The van der Waals surface area contributed by atoms with E-state index in [1.165, 1.54) is 12.8 Å². The Morgan fingerprint density at radius 3 is 2.71 bits per heavy atom. The number of ether oxygens (including phenoxy) is 2. The lowest BCUT2D eigenvalue weighted by molar-refractivity contribution is 0.0947. The standard InChI is InChI=1S/C16H24N2O3/c1-20-13-3-4-14(15(11-13)21-2)16(19)18-10-7-12-5-8-17-9-6-12/h3-4,11-12,17H,5-10H2,1-2H3,(H,18,19). The molecule has 2 N–H and O–H groups in total. The lowest BCUT2D eigenvalue weighted by atomic mass is 9.95. The summed E-state index contributed by atoms with van der Waals surface area (Å²) in [5.74, 6) is 1.83. The molecule has 0 spiro atoms. The van der Waals surface area contributed by atoms with Gasteiger partial charge in [0, 0.05) is 12.6 Å². The molecule has 0 bridgehead atoms. The molecule has 0 saturated carbocycles. The van der Waals surface area contributed by atoms with Gasteiger partial charge in [-0.3, -0.25) is 4.79 Å². The van der Waals surface area contributed by atoms with E-state index in [-0.39, 0.29) is 5.91 Å². The Hall–Kier alpha value is -1.75. The summed E-state index contributed by atoms with van der Waals surface area (Å²) in [4.78, 5) is 12.2. The normalized spacial score (nSPS) is 15.5. The molecule has 2 rings (SSSR count). The third-order valence-corrected chi connectivity index (χ3v) is 3.95. The van der Waals surface area contributed by atoms with Crippen molar-refractivity contribution in [3.8, 4) is 11.5 Å². The Bertz CT molecular complexity index is 471. The minimum Gasteiger partial charge on any atom is -0.497 e.